The second-order valence-electron chi connectivity index (χ2n) is 8.25. The number of nitrogens with two attached hydrogens (primary N) is 1. The average molecular weight is 429 g/mol. The molecule has 3 aromatic rings. The number of hydrogen-bond acceptors (Lipinski definition) is 8. The summed E-state index contributed by atoms with van der Waals surface area (Å²) in [6.45, 7) is 7.53. The van der Waals surface area contributed by atoms with Crippen molar-refractivity contribution in [1.82, 2.24) is 4.98 Å². The zero-order valence-electron chi connectivity index (χ0n) is 16.9. The number of carbonyl (C=O) groups is 1. The van der Waals surface area contributed by atoms with Crippen LogP contribution in [0.4, 0.5) is 11.5 Å². The van der Waals surface area contributed by atoms with E-state index in [1.165, 1.54) is 23.7 Å². The van der Waals surface area contributed by atoms with E-state index in [0.29, 0.717) is 36.1 Å². The molecule has 5 rings (SSSR count). The lowest BCUT2D eigenvalue weighted by molar-refractivity contribution is -0.0396. The number of hydrogen-bond donors (Lipinski definition) is 2. The molecule has 3 N–H and O–H groups in total. The van der Waals surface area contributed by atoms with Crippen molar-refractivity contribution in [2.24, 2.45) is 0 Å². The molecule has 0 spiro atoms. The fraction of sp³-hybridized carbons (Fsp3) is 0.429. The Morgan fingerprint density at radius 3 is 2.77 bits per heavy atom. The third-order valence-electron chi connectivity index (χ3n) is 5.66. The molecule has 0 radical (unpaired) electrons. The molecule has 0 amide bonds. The molecule has 0 unspecified atom stereocenters. The van der Waals surface area contributed by atoms with E-state index in [4.69, 9.17) is 24.6 Å². The molecular weight excluding hydrogens is 406 g/mol. The van der Waals surface area contributed by atoms with E-state index < -0.39 is 5.97 Å². The second kappa shape index (κ2) is 6.97. The number of aromatic carboxylic acids is 1. The van der Waals surface area contributed by atoms with Crippen LogP contribution in [-0.2, 0) is 22.5 Å². The summed E-state index contributed by atoms with van der Waals surface area (Å²) in [6, 6.07) is 1.51. The highest BCUT2D eigenvalue weighted by atomic mass is 32.1. The Morgan fingerprint density at radius 1 is 1.30 bits per heavy atom. The number of aromatic nitrogens is 1. The molecule has 0 aromatic carbocycles. The van der Waals surface area contributed by atoms with Gasteiger partial charge in [0.25, 0.3) is 0 Å². The maximum Gasteiger partial charge on any atom is 0.338 e. The molecular formula is C21H23N3O5S. The predicted molar refractivity (Wildman–Crippen MR) is 114 cm³/mol. The largest absolute Gasteiger partial charge is 0.478 e. The molecule has 3 aromatic heterocycles. The summed E-state index contributed by atoms with van der Waals surface area (Å²) < 4.78 is 17.1. The van der Waals surface area contributed by atoms with Gasteiger partial charge in [-0.3, -0.25) is 0 Å². The van der Waals surface area contributed by atoms with Gasteiger partial charge in [0.05, 0.1) is 41.5 Å². The summed E-state index contributed by atoms with van der Waals surface area (Å²) in [7, 11) is 0. The van der Waals surface area contributed by atoms with Crippen molar-refractivity contribution in [1.29, 1.82) is 0 Å². The van der Waals surface area contributed by atoms with Gasteiger partial charge in [-0.2, -0.15) is 0 Å². The number of fused-ring (bicyclic) bond motifs is 3. The number of nitrogens with zero attached hydrogens (tertiary/aromatic N) is 2. The maximum absolute atomic E-state index is 11.3. The molecule has 8 nitrogen and oxygen atoms in total. The molecule has 158 valence electrons. The van der Waals surface area contributed by atoms with Crippen LogP contribution in [0, 0.1) is 0 Å². The van der Waals surface area contributed by atoms with E-state index >= 15 is 0 Å². The Hall–Kier alpha value is -2.62. The van der Waals surface area contributed by atoms with Crippen molar-refractivity contribution in [3.05, 3.63) is 29.0 Å². The lowest BCUT2D eigenvalue weighted by Crippen LogP contribution is -2.39. The predicted octanol–water partition coefficient (Wildman–Crippen LogP) is 3.52. The van der Waals surface area contributed by atoms with Gasteiger partial charge in [-0.25, -0.2) is 9.78 Å². The first-order valence-electron chi connectivity index (χ1n) is 9.86. The number of furan rings is 1. The molecule has 30 heavy (non-hydrogen) atoms. The van der Waals surface area contributed by atoms with Crippen LogP contribution in [0.25, 0.3) is 20.9 Å². The number of nitrogen functional groups attached to an aromatic ring is 1. The number of rotatable bonds is 3. The van der Waals surface area contributed by atoms with E-state index in [2.05, 4.69) is 18.7 Å². The van der Waals surface area contributed by atoms with E-state index in [-0.39, 0.29) is 11.2 Å². The van der Waals surface area contributed by atoms with Gasteiger partial charge in [-0.15, -0.1) is 11.3 Å². The van der Waals surface area contributed by atoms with Crippen LogP contribution in [0.5, 0.6) is 0 Å². The first-order valence-corrected chi connectivity index (χ1v) is 10.7. The molecule has 9 heteroatoms. The first-order chi connectivity index (χ1) is 14.3. The van der Waals surface area contributed by atoms with Crippen LogP contribution >= 0.6 is 11.3 Å². The number of anilines is 2. The molecule has 1 fully saturated rings. The van der Waals surface area contributed by atoms with Crippen molar-refractivity contribution in [3.63, 3.8) is 0 Å². The second-order valence-corrected chi connectivity index (χ2v) is 9.25. The molecule has 5 heterocycles. The van der Waals surface area contributed by atoms with Gasteiger partial charge in [-0.1, -0.05) is 0 Å². The monoisotopic (exact) mass is 429 g/mol. The lowest BCUT2D eigenvalue weighted by atomic mass is 9.89. The Balaban J connectivity index is 1.71. The Morgan fingerprint density at radius 2 is 2.07 bits per heavy atom. The number of thiophene rings is 1. The SMILES string of the molecule is CC1(C)Cc2c(c(N3CCOCC3)nc3sc(-c4cc(C(=O)O)co4)c(N)c23)CO1. The van der Waals surface area contributed by atoms with Crippen LogP contribution in [0.3, 0.4) is 0 Å². The molecule has 0 bridgehead atoms. The normalized spacial score (nSPS) is 18.5. The number of morpholine rings is 1. The van der Waals surface area contributed by atoms with Crippen molar-refractivity contribution < 1.29 is 23.8 Å². The summed E-state index contributed by atoms with van der Waals surface area (Å²) in [5.41, 5.74) is 9.19. The Kier molecular flexibility index (Phi) is 4.49. The lowest BCUT2D eigenvalue weighted by Gasteiger charge is -2.36. The fourth-order valence-electron chi connectivity index (χ4n) is 4.13. The van der Waals surface area contributed by atoms with Crippen molar-refractivity contribution >= 4 is 39.0 Å². The van der Waals surface area contributed by atoms with Crippen LogP contribution in [0.2, 0.25) is 0 Å². The number of pyridine rings is 1. The standard InChI is InChI=1S/C21H23N3O5S/c1-21(2)8-12-13(10-29-21)18(24-3-5-27-6-4-24)23-19-15(12)16(22)17(30-19)14-7-11(9-28-14)20(25)26/h7,9H,3-6,8,10,22H2,1-2H3,(H,25,26). The van der Waals surface area contributed by atoms with Gasteiger partial charge in [0, 0.05) is 30.5 Å². The van der Waals surface area contributed by atoms with Crippen LogP contribution in [0.1, 0.15) is 35.3 Å². The number of ether oxygens (including phenoxy) is 2. The highest BCUT2D eigenvalue weighted by Crippen LogP contribution is 2.47. The molecule has 2 aliphatic rings. The van der Waals surface area contributed by atoms with E-state index in [0.717, 1.165) is 46.7 Å². The van der Waals surface area contributed by atoms with E-state index in [1.54, 1.807) is 0 Å². The van der Waals surface area contributed by atoms with E-state index in [1.807, 2.05) is 0 Å². The summed E-state index contributed by atoms with van der Waals surface area (Å²) in [4.78, 5) is 20.0. The highest BCUT2D eigenvalue weighted by molar-refractivity contribution is 7.22. The third-order valence-corrected chi connectivity index (χ3v) is 6.77. The van der Waals surface area contributed by atoms with Gasteiger partial charge < -0.3 is 29.6 Å². The van der Waals surface area contributed by atoms with Crippen molar-refractivity contribution in [2.45, 2.75) is 32.5 Å². The summed E-state index contributed by atoms with van der Waals surface area (Å²) in [6.07, 6.45) is 1.96. The summed E-state index contributed by atoms with van der Waals surface area (Å²) >= 11 is 1.43. The topological polar surface area (TPSA) is 111 Å². The van der Waals surface area contributed by atoms with Gasteiger partial charge in [0.1, 0.15) is 22.7 Å². The summed E-state index contributed by atoms with van der Waals surface area (Å²) in [5.74, 6) is 0.337. The van der Waals surface area contributed by atoms with Crippen LogP contribution in [-0.4, -0.2) is 48.0 Å². The minimum absolute atomic E-state index is 0.0976. The molecule has 2 aliphatic heterocycles. The minimum atomic E-state index is -1.03. The third kappa shape index (κ3) is 3.13. The minimum Gasteiger partial charge on any atom is -0.478 e. The molecule has 0 aliphatic carbocycles. The maximum atomic E-state index is 11.3. The van der Waals surface area contributed by atoms with Crippen molar-refractivity contribution in [3.8, 4) is 10.6 Å². The Labute approximate surface area is 177 Å². The number of carboxylic acid groups (broad SMARTS) is 1. The zero-order chi connectivity index (χ0) is 21.0. The molecule has 1 saturated heterocycles. The van der Waals surface area contributed by atoms with Gasteiger partial charge in [0.15, 0.2) is 0 Å². The van der Waals surface area contributed by atoms with Gasteiger partial charge >= 0.3 is 5.97 Å². The quantitative estimate of drug-likeness (QED) is 0.651. The van der Waals surface area contributed by atoms with E-state index in [9.17, 15) is 9.90 Å². The van der Waals surface area contributed by atoms with Crippen LogP contribution < -0.4 is 10.6 Å². The fourth-order valence-corrected chi connectivity index (χ4v) is 5.21. The van der Waals surface area contributed by atoms with Crippen molar-refractivity contribution in [2.75, 3.05) is 36.9 Å². The molecule has 0 saturated carbocycles. The Bertz CT molecular complexity index is 1140. The highest BCUT2D eigenvalue weighted by Gasteiger charge is 2.33. The first kappa shape index (κ1) is 19.3. The average Bonchev–Trinajstić information content (AvgIpc) is 3.32. The summed E-state index contributed by atoms with van der Waals surface area (Å²) in [5, 5.41) is 10.1. The van der Waals surface area contributed by atoms with Gasteiger partial charge in [-0.05, 0) is 25.5 Å². The van der Waals surface area contributed by atoms with Crippen LogP contribution in [0.15, 0.2) is 16.7 Å². The smallest absolute Gasteiger partial charge is 0.338 e. The molecule has 0 atom stereocenters. The zero-order valence-corrected chi connectivity index (χ0v) is 17.7. The number of carboxylic acids is 1. The van der Waals surface area contributed by atoms with Gasteiger partial charge in [0.2, 0.25) is 0 Å².